The first-order valence-electron chi connectivity index (χ1n) is 4.72. The molecule has 1 rings (SSSR count). The monoisotopic (exact) mass is 214 g/mol. The van der Waals surface area contributed by atoms with Gasteiger partial charge in [-0.3, -0.25) is 0 Å². The minimum atomic E-state index is 0.156. The van der Waals surface area contributed by atoms with Crippen LogP contribution in [0.15, 0.2) is 18.2 Å². The lowest BCUT2D eigenvalue weighted by Crippen LogP contribution is -2.05. The number of hydrogen-bond donors (Lipinski definition) is 0. The van der Waals surface area contributed by atoms with E-state index >= 15 is 0 Å². The molecule has 0 aromatic heterocycles. The number of rotatable bonds is 4. The summed E-state index contributed by atoms with van der Waals surface area (Å²) >= 11 is 5.99. The van der Waals surface area contributed by atoms with Gasteiger partial charge in [0.25, 0.3) is 0 Å². The SMILES string of the molecule is CCOc1ccc(OC(C)C)cc1Cl. The number of benzene rings is 1. The van der Waals surface area contributed by atoms with Gasteiger partial charge in [-0.15, -0.1) is 0 Å². The molecule has 0 aliphatic carbocycles. The van der Waals surface area contributed by atoms with Gasteiger partial charge in [0.1, 0.15) is 11.5 Å². The first kappa shape index (κ1) is 11.2. The average Bonchev–Trinajstić information content (AvgIpc) is 2.09. The van der Waals surface area contributed by atoms with Crippen LogP contribution in [0.4, 0.5) is 0 Å². The largest absolute Gasteiger partial charge is 0.492 e. The van der Waals surface area contributed by atoms with E-state index in [1.54, 1.807) is 6.07 Å². The van der Waals surface area contributed by atoms with Crippen LogP contribution >= 0.6 is 11.6 Å². The van der Waals surface area contributed by atoms with Gasteiger partial charge >= 0.3 is 0 Å². The third kappa shape index (κ3) is 3.11. The molecule has 0 spiro atoms. The maximum atomic E-state index is 5.99. The van der Waals surface area contributed by atoms with Crippen molar-refractivity contribution in [1.29, 1.82) is 0 Å². The van der Waals surface area contributed by atoms with E-state index in [-0.39, 0.29) is 6.10 Å². The van der Waals surface area contributed by atoms with Crippen LogP contribution in [0, 0.1) is 0 Å². The van der Waals surface area contributed by atoms with Gasteiger partial charge < -0.3 is 9.47 Å². The Morgan fingerprint density at radius 2 is 2.07 bits per heavy atom. The Hall–Kier alpha value is -0.890. The Kier molecular flexibility index (Phi) is 4.08. The van der Waals surface area contributed by atoms with Crippen molar-refractivity contribution in [1.82, 2.24) is 0 Å². The minimum Gasteiger partial charge on any atom is -0.492 e. The Balaban J connectivity index is 2.78. The van der Waals surface area contributed by atoms with Crippen molar-refractivity contribution in [3.05, 3.63) is 23.2 Å². The van der Waals surface area contributed by atoms with Gasteiger partial charge in [-0.05, 0) is 32.9 Å². The highest BCUT2D eigenvalue weighted by molar-refractivity contribution is 6.32. The van der Waals surface area contributed by atoms with Crippen LogP contribution in [0.5, 0.6) is 11.5 Å². The third-order valence-electron chi connectivity index (χ3n) is 1.57. The fourth-order valence-electron chi connectivity index (χ4n) is 1.10. The first-order chi connectivity index (χ1) is 6.63. The summed E-state index contributed by atoms with van der Waals surface area (Å²) in [5, 5.41) is 0.588. The van der Waals surface area contributed by atoms with Gasteiger partial charge in [0.2, 0.25) is 0 Å². The van der Waals surface area contributed by atoms with Gasteiger partial charge in [-0.2, -0.15) is 0 Å². The molecule has 0 unspecified atom stereocenters. The molecule has 0 bridgehead atoms. The molecule has 0 fully saturated rings. The predicted molar refractivity (Wildman–Crippen MR) is 58.4 cm³/mol. The van der Waals surface area contributed by atoms with Gasteiger partial charge in [-0.25, -0.2) is 0 Å². The van der Waals surface area contributed by atoms with Crippen molar-refractivity contribution in [2.75, 3.05) is 6.61 Å². The van der Waals surface area contributed by atoms with Crippen LogP contribution in [-0.2, 0) is 0 Å². The lowest BCUT2D eigenvalue weighted by Gasteiger charge is -2.11. The molecule has 0 aliphatic heterocycles. The van der Waals surface area contributed by atoms with E-state index in [9.17, 15) is 0 Å². The molecule has 0 amide bonds. The smallest absolute Gasteiger partial charge is 0.138 e. The molecule has 3 heteroatoms. The standard InChI is InChI=1S/C11H15ClO2/c1-4-13-11-6-5-9(7-10(11)12)14-8(2)3/h5-8H,4H2,1-3H3. The van der Waals surface area contributed by atoms with Gasteiger partial charge in [-0.1, -0.05) is 11.6 Å². The number of hydrogen-bond acceptors (Lipinski definition) is 2. The van der Waals surface area contributed by atoms with Crippen LogP contribution in [0.25, 0.3) is 0 Å². The van der Waals surface area contributed by atoms with Gasteiger partial charge in [0.15, 0.2) is 0 Å². The van der Waals surface area contributed by atoms with Crippen LogP contribution < -0.4 is 9.47 Å². The quantitative estimate of drug-likeness (QED) is 0.764. The van der Waals surface area contributed by atoms with Crippen molar-refractivity contribution in [2.24, 2.45) is 0 Å². The second-order valence-corrected chi connectivity index (χ2v) is 3.60. The van der Waals surface area contributed by atoms with Crippen LogP contribution in [0.1, 0.15) is 20.8 Å². The molecule has 0 saturated heterocycles. The Bertz CT molecular complexity index is 297. The Morgan fingerprint density at radius 3 is 2.57 bits per heavy atom. The zero-order valence-electron chi connectivity index (χ0n) is 8.71. The highest BCUT2D eigenvalue weighted by atomic mass is 35.5. The minimum absolute atomic E-state index is 0.156. The summed E-state index contributed by atoms with van der Waals surface area (Å²) in [6.07, 6.45) is 0.156. The summed E-state index contributed by atoms with van der Waals surface area (Å²) in [6, 6.07) is 5.45. The van der Waals surface area contributed by atoms with Gasteiger partial charge in [0, 0.05) is 6.07 Å². The third-order valence-corrected chi connectivity index (χ3v) is 1.87. The van der Waals surface area contributed by atoms with Crippen molar-refractivity contribution >= 4 is 11.6 Å². The maximum Gasteiger partial charge on any atom is 0.138 e. The molecule has 0 N–H and O–H groups in total. The summed E-state index contributed by atoms with van der Waals surface area (Å²) < 4.78 is 10.8. The van der Waals surface area contributed by atoms with E-state index in [1.165, 1.54) is 0 Å². The molecular weight excluding hydrogens is 200 g/mol. The lowest BCUT2D eigenvalue weighted by molar-refractivity contribution is 0.242. The van der Waals surface area contributed by atoms with E-state index in [2.05, 4.69) is 0 Å². The molecule has 0 heterocycles. The van der Waals surface area contributed by atoms with Crippen molar-refractivity contribution < 1.29 is 9.47 Å². The molecular formula is C11H15ClO2. The van der Waals surface area contributed by atoms with Gasteiger partial charge in [0.05, 0.1) is 17.7 Å². The van der Waals surface area contributed by atoms with E-state index in [4.69, 9.17) is 21.1 Å². The fourth-order valence-corrected chi connectivity index (χ4v) is 1.32. The zero-order chi connectivity index (χ0) is 10.6. The van der Waals surface area contributed by atoms with Crippen molar-refractivity contribution in [2.45, 2.75) is 26.9 Å². The maximum absolute atomic E-state index is 5.99. The van der Waals surface area contributed by atoms with E-state index in [0.717, 1.165) is 5.75 Å². The lowest BCUT2D eigenvalue weighted by atomic mass is 10.3. The second kappa shape index (κ2) is 5.11. The normalized spacial score (nSPS) is 10.4. The molecule has 0 saturated carbocycles. The molecule has 14 heavy (non-hydrogen) atoms. The highest BCUT2D eigenvalue weighted by Crippen LogP contribution is 2.29. The number of halogens is 1. The molecule has 0 aliphatic rings. The summed E-state index contributed by atoms with van der Waals surface area (Å²) in [4.78, 5) is 0. The molecule has 0 atom stereocenters. The van der Waals surface area contributed by atoms with E-state index in [0.29, 0.717) is 17.4 Å². The summed E-state index contributed by atoms with van der Waals surface area (Å²) in [7, 11) is 0. The molecule has 1 aromatic rings. The predicted octanol–water partition coefficient (Wildman–Crippen LogP) is 3.53. The van der Waals surface area contributed by atoms with Crippen LogP contribution in [0.2, 0.25) is 5.02 Å². The van der Waals surface area contributed by atoms with Crippen LogP contribution in [0.3, 0.4) is 0 Å². The Labute approximate surface area is 89.8 Å². The fraction of sp³-hybridized carbons (Fsp3) is 0.455. The second-order valence-electron chi connectivity index (χ2n) is 3.19. The Morgan fingerprint density at radius 1 is 1.36 bits per heavy atom. The van der Waals surface area contributed by atoms with Crippen LogP contribution in [-0.4, -0.2) is 12.7 Å². The average molecular weight is 215 g/mol. The summed E-state index contributed by atoms with van der Waals surface area (Å²) in [5.41, 5.74) is 0. The molecule has 2 nitrogen and oxygen atoms in total. The highest BCUT2D eigenvalue weighted by Gasteiger charge is 2.04. The van der Waals surface area contributed by atoms with E-state index < -0.39 is 0 Å². The zero-order valence-corrected chi connectivity index (χ0v) is 9.47. The summed E-state index contributed by atoms with van der Waals surface area (Å²) in [6.45, 7) is 6.49. The molecule has 78 valence electrons. The van der Waals surface area contributed by atoms with Crippen molar-refractivity contribution in [3.8, 4) is 11.5 Å². The molecule has 1 aromatic carbocycles. The van der Waals surface area contributed by atoms with Crippen molar-refractivity contribution in [3.63, 3.8) is 0 Å². The molecule has 0 radical (unpaired) electrons. The van der Waals surface area contributed by atoms with E-state index in [1.807, 2.05) is 32.9 Å². The number of ether oxygens (including phenoxy) is 2. The topological polar surface area (TPSA) is 18.5 Å². The first-order valence-corrected chi connectivity index (χ1v) is 5.10. The summed E-state index contributed by atoms with van der Waals surface area (Å²) in [5.74, 6) is 1.47.